The molecule has 15 heteroatoms. The molecule has 2 fully saturated rings. The normalized spacial score (nSPS) is 26.6. The van der Waals surface area contributed by atoms with Gasteiger partial charge in [-0.1, -0.05) is 154 Å². The Balaban J connectivity index is 1.83. The van der Waals surface area contributed by atoms with E-state index in [1.165, 1.54) is 96.3 Å². The third-order valence-corrected chi connectivity index (χ3v) is 12.3. The summed E-state index contributed by atoms with van der Waals surface area (Å²) in [5.41, 5.74) is 0. The number of hydrogen-bond acceptors (Lipinski definition) is 15. The van der Waals surface area contributed by atoms with Crippen LogP contribution in [0, 0.1) is 0 Å². The topological polar surface area (TPSA) is 231 Å². The largest absolute Gasteiger partial charge is 0.462 e. The Morgan fingerprint density at radius 2 is 0.938 bits per heavy atom. The number of carbonyl (C=O) groups excluding carboxylic acids is 2. The molecule has 0 unspecified atom stereocenters. The lowest BCUT2D eigenvalue weighted by molar-refractivity contribution is -0.344. The molecular formula is C49H90O15. The maximum absolute atomic E-state index is 13.0. The Labute approximate surface area is 384 Å². The number of aliphatic hydroxyl groups excluding tert-OH is 7. The summed E-state index contributed by atoms with van der Waals surface area (Å²) in [6.45, 7) is 2.32. The summed E-state index contributed by atoms with van der Waals surface area (Å²) < 4.78 is 33.6. The molecule has 0 aliphatic carbocycles. The quantitative estimate of drug-likeness (QED) is 0.0196. The fourth-order valence-corrected chi connectivity index (χ4v) is 8.22. The van der Waals surface area contributed by atoms with E-state index in [9.17, 15) is 45.3 Å². The SMILES string of the molecule is CCCCCCCC/C=C\CCCCCCCC(=O)OC[C@H](CO[C@@H]1O[C@H](CO)[C@@H](O[C@@H]2[C@H](O)[C@@H](O)[C@H](O)O[C@@H]2CO)[C@H](O)[C@H]1O)OC(=O)CCCCCCCCCCCCCCC. The van der Waals surface area contributed by atoms with Gasteiger partial charge in [-0.15, -0.1) is 0 Å². The minimum Gasteiger partial charge on any atom is -0.462 e. The molecule has 0 aromatic carbocycles. The Kier molecular flexibility index (Phi) is 34.0. The van der Waals surface area contributed by atoms with Crippen molar-refractivity contribution in [1.29, 1.82) is 0 Å². The van der Waals surface area contributed by atoms with Crippen molar-refractivity contribution in [2.75, 3.05) is 26.4 Å². The minimum absolute atomic E-state index is 0.168. The van der Waals surface area contributed by atoms with E-state index in [1.807, 2.05) is 0 Å². The number of aliphatic hydroxyl groups is 7. The molecule has 0 saturated carbocycles. The van der Waals surface area contributed by atoms with Gasteiger partial charge in [0, 0.05) is 12.8 Å². The van der Waals surface area contributed by atoms with Gasteiger partial charge >= 0.3 is 11.9 Å². The highest BCUT2D eigenvalue weighted by Gasteiger charge is 2.51. The van der Waals surface area contributed by atoms with E-state index in [1.54, 1.807) is 0 Å². The van der Waals surface area contributed by atoms with Crippen molar-refractivity contribution in [3.63, 3.8) is 0 Å². The highest BCUT2D eigenvalue weighted by atomic mass is 16.7. The predicted molar refractivity (Wildman–Crippen MR) is 243 cm³/mol. The van der Waals surface area contributed by atoms with Crippen molar-refractivity contribution < 1.29 is 73.8 Å². The molecule has 0 aromatic heterocycles. The van der Waals surface area contributed by atoms with Crippen LogP contribution < -0.4 is 0 Å². The Morgan fingerprint density at radius 1 is 0.516 bits per heavy atom. The van der Waals surface area contributed by atoms with E-state index < -0.39 is 92.7 Å². The molecule has 0 bridgehead atoms. The summed E-state index contributed by atoms with van der Waals surface area (Å²) in [6, 6.07) is 0. The smallest absolute Gasteiger partial charge is 0.306 e. The van der Waals surface area contributed by atoms with Crippen LogP contribution in [-0.2, 0) is 38.0 Å². The van der Waals surface area contributed by atoms with Crippen molar-refractivity contribution >= 4 is 11.9 Å². The van der Waals surface area contributed by atoms with E-state index in [-0.39, 0.29) is 26.1 Å². The molecule has 0 radical (unpaired) electrons. The first kappa shape index (κ1) is 58.4. The minimum atomic E-state index is -1.81. The number of allylic oxidation sites excluding steroid dienone is 2. The Morgan fingerprint density at radius 3 is 1.42 bits per heavy atom. The van der Waals surface area contributed by atoms with Crippen LogP contribution in [0.1, 0.15) is 194 Å². The molecule has 0 spiro atoms. The van der Waals surface area contributed by atoms with Gasteiger partial charge in [-0.3, -0.25) is 9.59 Å². The van der Waals surface area contributed by atoms with Gasteiger partial charge in [0.2, 0.25) is 0 Å². The molecule has 2 aliphatic rings. The second-order valence-electron chi connectivity index (χ2n) is 18.0. The van der Waals surface area contributed by atoms with Crippen LogP contribution in [0.5, 0.6) is 0 Å². The zero-order chi connectivity index (χ0) is 46.8. The summed E-state index contributed by atoms with van der Waals surface area (Å²) in [6.07, 6.45) is 17.8. The molecule has 2 heterocycles. The van der Waals surface area contributed by atoms with Crippen LogP contribution >= 0.6 is 0 Å². The summed E-state index contributed by atoms with van der Waals surface area (Å²) in [7, 11) is 0. The van der Waals surface area contributed by atoms with Crippen molar-refractivity contribution in [2.45, 2.75) is 261 Å². The number of ether oxygens (including phenoxy) is 6. The van der Waals surface area contributed by atoms with Gasteiger partial charge < -0.3 is 64.2 Å². The average molecular weight is 919 g/mol. The number of rotatable bonds is 39. The van der Waals surface area contributed by atoms with Gasteiger partial charge in [0.1, 0.15) is 55.4 Å². The number of carbonyl (C=O) groups is 2. The van der Waals surface area contributed by atoms with Gasteiger partial charge in [0.25, 0.3) is 0 Å². The van der Waals surface area contributed by atoms with Crippen LogP contribution in [0.25, 0.3) is 0 Å². The Bertz CT molecular complexity index is 1170. The third-order valence-electron chi connectivity index (χ3n) is 12.3. The molecule has 0 aromatic rings. The lowest BCUT2D eigenvalue weighted by Crippen LogP contribution is -2.65. The zero-order valence-electron chi connectivity index (χ0n) is 39.5. The maximum Gasteiger partial charge on any atom is 0.306 e. The fraction of sp³-hybridized carbons (Fsp3) is 0.918. The van der Waals surface area contributed by atoms with Crippen molar-refractivity contribution in [3.05, 3.63) is 12.2 Å². The highest BCUT2D eigenvalue weighted by molar-refractivity contribution is 5.70. The van der Waals surface area contributed by atoms with Crippen molar-refractivity contribution in [3.8, 4) is 0 Å². The van der Waals surface area contributed by atoms with Gasteiger partial charge in [-0.05, 0) is 38.5 Å². The summed E-state index contributed by atoms with van der Waals surface area (Å²) in [5.74, 6) is -0.927. The van der Waals surface area contributed by atoms with E-state index in [0.717, 1.165) is 57.8 Å². The first-order valence-corrected chi connectivity index (χ1v) is 25.3. The molecule has 2 aliphatic heterocycles. The van der Waals surface area contributed by atoms with Gasteiger partial charge in [-0.25, -0.2) is 0 Å². The lowest BCUT2D eigenvalue weighted by Gasteiger charge is -2.46. The molecule has 2 saturated heterocycles. The van der Waals surface area contributed by atoms with Crippen molar-refractivity contribution in [2.24, 2.45) is 0 Å². The molecule has 64 heavy (non-hydrogen) atoms. The van der Waals surface area contributed by atoms with Crippen LogP contribution in [-0.4, -0.2) is 142 Å². The van der Waals surface area contributed by atoms with Gasteiger partial charge in [-0.2, -0.15) is 0 Å². The highest BCUT2D eigenvalue weighted by Crippen LogP contribution is 2.30. The number of esters is 2. The molecule has 7 N–H and O–H groups in total. The monoisotopic (exact) mass is 919 g/mol. The van der Waals surface area contributed by atoms with Crippen LogP contribution in [0.3, 0.4) is 0 Å². The molecule has 11 atom stereocenters. The molecular weight excluding hydrogens is 829 g/mol. The molecule has 376 valence electrons. The second kappa shape index (κ2) is 37.2. The van der Waals surface area contributed by atoms with Gasteiger partial charge in [0.05, 0.1) is 19.8 Å². The predicted octanol–water partition coefficient (Wildman–Crippen LogP) is 6.60. The van der Waals surface area contributed by atoms with E-state index in [2.05, 4.69) is 26.0 Å². The first-order valence-electron chi connectivity index (χ1n) is 25.3. The van der Waals surface area contributed by atoms with Crippen molar-refractivity contribution in [1.82, 2.24) is 0 Å². The molecule has 0 amide bonds. The Hall–Kier alpha value is -1.76. The maximum atomic E-state index is 13.0. The standard InChI is InChI=1S/C49H90O15/c1-3-5-7-9-11-13-15-17-18-20-21-23-25-27-29-31-40(52)59-35-37(61-41(53)32-30-28-26-24-22-19-16-14-12-10-8-6-4-2)36-60-49-45(57)43(55)47(39(34-51)63-49)64-46-38(33-50)62-48(58)44(56)42(46)54/h17-18,37-39,42-51,54-58H,3-16,19-36H2,1-2H3/b18-17-/t37-,38-,39-,42-,43-,44-,45-,46+,47-,48-,49-/m1/s1. The summed E-state index contributed by atoms with van der Waals surface area (Å²) in [4.78, 5) is 25.7. The second-order valence-corrected chi connectivity index (χ2v) is 18.0. The number of unbranched alkanes of at least 4 members (excludes halogenated alkanes) is 23. The third kappa shape index (κ3) is 24.8. The van der Waals surface area contributed by atoms with Crippen LogP contribution in [0.4, 0.5) is 0 Å². The lowest BCUT2D eigenvalue weighted by atomic mass is 9.95. The van der Waals surface area contributed by atoms with E-state index in [0.29, 0.717) is 12.8 Å². The van der Waals surface area contributed by atoms with Crippen LogP contribution in [0.15, 0.2) is 12.2 Å². The van der Waals surface area contributed by atoms with Gasteiger partial charge in [0.15, 0.2) is 18.7 Å². The average Bonchev–Trinajstić information content (AvgIpc) is 3.29. The van der Waals surface area contributed by atoms with E-state index in [4.69, 9.17) is 28.4 Å². The first-order chi connectivity index (χ1) is 31.1. The number of hydrogen-bond donors (Lipinski definition) is 7. The molecule has 2 rings (SSSR count). The zero-order valence-corrected chi connectivity index (χ0v) is 39.5. The van der Waals surface area contributed by atoms with Crippen LogP contribution in [0.2, 0.25) is 0 Å². The summed E-state index contributed by atoms with van der Waals surface area (Å²) >= 11 is 0. The fourth-order valence-electron chi connectivity index (χ4n) is 8.22. The molecule has 15 nitrogen and oxygen atoms in total. The summed E-state index contributed by atoms with van der Waals surface area (Å²) in [5, 5.41) is 72.5. The van der Waals surface area contributed by atoms with E-state index >= 15 is 0 Å².